The third kappa shape index (κ3) is 1.96. The number of rotatable bonds is 1. The minimum absolute atomic E-state index is 1.07. The summed E-state index contributed by atoms with van der Waals surface area (Å²) in [4.78, 5) is 4.86. The number of para-hydroxylation sites is 1. The summed E-state index contributed by atoms with van der Waals surface area (Å²) >= 11 is 1.76. The van der Waals surface area contributed by atoms with Crippen LogP contribution in [0.4, 0.5) is 0 Å². The van der Waals surface area contributed by atoms with Crippen LogP contribution in [0.1, 0.15) is 0 Å². The van der Waals surface area contributed by atoms with Gasteiger partial charge in [0.15, 0.2) is 0 Å². The van der Waals surface area contributed by atoms with E-state index in [1.807, 2.05) is 6.07 Å². The molecule has 108 valence electrons. The normalized spacial score (nSPS) is 11.5. The Kier molecular flexibility index (Phi) is 2.73. The Hall–Kier alpha value is -2.71. The van der Waals surface area contributed by atoms with Crippen LogP contribution >= 0.6 is 11.3 Å². The molecule has 0 amide bonds. The van der Waals surface area contributed by atoms with Crippen LogP contribution in [-0.4, -0.2) is 4.98 Å². The summed E-state index contributed by atoms with van der Waals surface area (Å²) in [6.45, 7) is 0. The van der Waals surface area contributed by atoms with Crippen molar-refractivity contribution in [3.05, 3.63) is 78.9 Å². The largest absolute Gasteiger partial charge is 0.236 e. The first kappa shape index (κ1) is 12.8. The zero-order chi connectivity index (χ0) is 15.2. The van der Waals surface area contributed by atoms with Gasteiger partial charge in [0.2, 0.25) is 0 Å². The average Bonchev–Trinajstić information content (AvgIpc) is 3.05. The Morgan fingerprint density at radius 3 is 2.22 bits per heavy atom. The second kappa shape index (κ2) is 4.90. The molecule has 0 fully saturated rings. The second-order valence-corrected chi connectivity index (χ2v) is 6.71. The molecule has 0 aliphatic carbocycles. The molecule has 0 saturated heterocycles. The molecule has 23 heavy (non-hydrogen) atoms. The van der Waals surface area contributed by atoms with E-state index >= 15 is 0 Å². The van der Waals surface area contributed by atoms with Crippen LogP contribution in [-0.2, 0) is 0 Å². The predicted molar refractivity (Wildman–Crippen MR) is 100 cm³/mol. The lowest BCUT2D eigenvalue weighted by Crippen LogP contribution is -1.83. The van der Waals surface area contributed by atoms with Gasteiger partial charge in [-0.1, -0.05) is 60.7 Å². The van der Waals surface area contributed by atoms with E-state index in [0.29, 0.717) is 0 Å². The average molecular weight is 311 g/mol. The fraction of sp³-hybridized carbons (Fsp3) is 0. The van der Waals surface area contributed by atoms with E-state index in [1.54, 1.807) is 11.3 Å². The molecule has 0 unspecified atom stereocenters. The first-order valence-electron chi connectivity index (χ1n) is 7.66. The molecule has 0 atom stereocenters. The first-order chi connectivity index (χ1) is 11.4. The Labute approximate surface area is 137 Å². The smallest absolute Gasteiger partial charge is 0.125 e. The van der Waals surface area contributed by atoms with Gasteiger partial charge in [-0.05, 0) is 39.7 Å². The van der Waals surface area contributed by atoms with Gasteiger partial charge in [0.25, 0.3) is 0 Å². The number of benzene rings is 4. The number of nitrogens with zero attached hydrogens (tertiary/aromatic N) is 1. The maximum atomic E-state index is 4.86. The number of hydrogen-bond donors (Lipinski definition) is 0. The third-order valence-electron chi connectivity index (χ3n) is 4.29. The maximum Gasteiger partial charge on any atom is 0.125 e. The fourth-order valence-electron chi connectivity index (χ4n) is 3.22. The molecule has 0 N–H and O–H groups in total. The molecule has 1 nitrogen and oxygen atoms in total. The molecule has 0 spiro atoms. The lowest BCUT2D eigenvalue weighted by atomic mass is 9.97. The lowest BCUT2D eigenvalue weighted by molar-refractivity contribution is 1.49. The van der Waals surface area contributed by atoms with Crippen LogP contribution < -0.4 is 0 Å². The van der Waals surface area contributed by atoms with Gasteiger partial charge in [0.05, 0.1) is 10.2 Å². The molecule has 2 heteroatoms. The van der Waals surface area contributed by atoms with Crippen molar-refractivity contribution >= 4 is 43.1 Å². The standard InChI is InChI=1S/C21H13NS/c1-2-8-15-14(7-1)13-18(17-10-4-3-9-16(15)17)21-22-19-11-5-6-12-20(19)23-21/h1-13H. The molecule has 4 aromatic carbocycles. The summed E-state index contributed by atoms with van der Waals surface area (Å²) in [5, 5.41) is 6.21. The summed E-state index contributed by atoms with van der Waals surface area (Å²) in [7, 11) is 0. The SMILES string of the molecule is c1ccc2c(c1)cc(-c1nc3ccccc3s1)c1ccccc12. The Morgan fingerprint density at radius 2 is 1.35 bits per heavy atom. The van der Waals surface area contributed by atoms with Crippen molar-refractivity contribution in [3.8, 4) is 10.6 Å². The maximum absolute atomic E-state index is 4.86. The number of thiazole rings is 1. The van der Waals surface area contributed by atoms with E-state index in [1.165, 1.54) is 31.8 Å². The van der Waals surface area contributed by atoms with E-state index in [0.717, 1.165) is 10.5 Å². The number of aromatic nitrogens is 1. The molecule has 0 aliphatic rings. The van der Waals surface area contributed by atoms with E-state index in [9.17, 15) is 0 Å². The number of fused-ring (bicyclic) bond motifs is 4. The van der Waals surface area contributed by atoms with Crippen LogP contribution in [0.25, 0.3) is 42.3 Å². The van der Waals surface area contributed by atoms with Crippen molar-refractivity contribution in [2.45, 2.75) is 0 Å². The highest BCUT2D eigenvalue weighted by atomic mass is 32.1. The molecule has 0 radical (unpaired) electrons. The van der Waals surface area contributed by atoms with Crippen molar-refractivity contribution < 1.29 is 0 Å². The zero-order valence-corrected chi connectivity index (χ0v) is 13.2. The van der Waals surface area contributed by atoms with Gasteiger partial charge in [0, 0.05) is 5.56 Å². The predicted octanol–water partition coefficient (Wildman–Crippen LogP) is 6.27. The van der Waals surface area contributed by atoms with Gasteiger partial charge >= 0.3 is 0 Å². The molecule has 0 aliphatic heterocycles. The van der Waals surface area contributed by atoms with Crippen molar-refractivity contribution in [1.29, 1.82) is 0 Å². The molecule has 5 rings (SSSR count). The zero-order valence-electron chi connectivity index (χ0n) is 12.4. The van der Waals surface area contributed by atoms with Crippen LogP contribution in [0.2, 0.25) is 0 Å². The Morgan fingerprint density at radius 1 is 0.652 bits per heavy atom. The van der Waals surface area contributed by atoms with Crippen molar-refractivity contribution in [3.63, 3.8) is 0 Å². The molecule has 5 aromatic rings. The quantitative estimate of drug-likeness (QED) is 0.332. The minimum Gasteiger partial charge on any atom is -0.236 e. The topological polar surface area (TPSA) is 12.9 Å². The number of hydrogen-bond acceptors (Lipinski definition) is 2. The highest BCUT2D eigenvalue weighted by Crippen LogP contribution is 2.38. The van der Waals surface area contributed by atoms with Crippen LogP contribution in [0.15, 0.2) is 78.9 Å². The molecule has 0 saturated carbocycles. The Balaban J connectivity index is 1.92. The van der Waals surface area contributed by atoms with Gasteiger partial charge in [-0.25, -0.2) is 4.98 Å². The van der Waals surface area contributed by atoms with Crippen LogP contribution in [0.5, 0.6) is 0 Å². The van der Waals surface area contributed by atoms with Crippen LogP contribution in [0, 0.1) is 0 Å². The minimum atomic E-state index is 1.07. The molecule has 1 aromatic heterocycles. The summed E-state index contributed by atoms with van der Waals surface area (Å²) in [6, 6.07) is 27.8. The summed E-state index contributed by atoms with van der Waals surface area (Å²) in [5.41, 5.74) is 2.30. The van der Waals surface area contributed by atoms with Gasteiger partial charge in [-0.2, -0.15) is 0 Å². The van der Waals surface area contributed by atoms with E-state index in [4.69, 9.17) is 4.98 Å². The molecule has 1 heterocycles. The van der Waals surface area contributed by atoms with Crippen LogP contribution in [0.3, 0.4) is 0 Å². The molecular formula is C21H13NS. The highest BCUT2D eigenvalue weighted by Gasteiger charge is 2.11. The fourth-order valence-corrected chi connectivity index (χ4v) is 4.21. The highest BCUT2D eigenvalue weighted by molar-refractivity contribution is 7.21. The Bertz CT molecular complexity index is 1140. The van der Waals surface area contributed by atoms with Crippen molar-refractivity contribution in [1.82, 2.24) is 4.98 Å². The van der Waals surface area contributed by atoms with Gasteiger partial charge in [-0.3, -0.25) is 0 Å². The van der Waals surface area contributed by atoms with Gasteiger partial charge < -0.3 is 0 Å². The van der Waals surface area contributed by atoms with Crippen molar-refractivity contribution in [2.75, 3.05) is 0 Å². The lowest BCUT2D eigenvalue weighted by Gasteiger charge is -2.08. The van der Waals surface area contributed by atoms with E-state index in [2.05, 4.69) is 72.8 Å². The molecule has 0 bridgehead atoms. The van der Waals surface area contributed by atoms with Gasteiger partial charge in [-0.15, -0.1) is 11.3 Å². The molecular weight excluding hydrogens is 298 g/mol. The van der Waals surface area contributed by atoms with E-state index < -0.39 is 0 Å². The van der Waals surface area contributed by atoms with E-state index in [-0.39, 0.29) is 0 Å². The monoisotopic (exact) mass is 311 g/mol. The first-order valence-corrected chi connectivity index (χ1v) is 8.48. The van der Waals surface area contributed by atoms with Gasteiger partial charge in [0.1, 0.15) is 5.01 Å². The van der Waals surface area contributed by atoms with Crippen molar-refractivity contribution in [2.24, 2.45) is 0 Å². The summed E-state index contributed by atoms with van der Waals surface area (Å²) in [5.74, 6) is 0. The summed E-state index contributed by atoms with van der Waals surface area (Å²) in [6.07, 6.45) is 0. The summed E-state index contributed by atoms with van der Waals surface area (Å²) < 4.78 is 1.24. The second-order valence-electron chi connectivity index (χ2n) is 5.68. The third-order valence-corrected chi connectivity index (χ3v) is 5.36.